The number of hydrogen-bond donors (Lipinski definition) is 0. The van der Waals surface area contributed by atoms with Gasteiger partial charge in [0.2, 0.25) is 6.10 Å². The van der Waals surface area contributed by atoms with Gasteiger partial charge in [-0.2, -0.15) is 0 Å². The van der Waals surface area contributed by atoms with Gasteiger partial charge in [0.15, 0.2) is 0 Å². The summed E-state index contributed by atoms with van der Waals surface area (Å²) in [6.45, 7) is 0.453. The monoisotopic (exact) mass is 453 g/mol. The van der Waals surface area contributed by atoms with Gasteiger partial charge in [-0.25, -0.2) is 9.18 Å². The second-order valence-electron chi connectivity index (χ2n) is 7.46. The van der Waals surface area contributed by atoms with Crippen LogP contribution in [0.1, 0.15) is 27.5 Å². The molecule has 0 spiro atoms. The van der Waals surface area contributed by atoms with Crippen LogP contribution < -0.4 is 4.74 Å². The van der Waals surface area contributed by atoms with E-state index in [1.165, 1.54) is 19.2 Å². The number of halogens is 2. The van der Waals surface area contributed by atoms with E-state index in [9.17, 15) is 14.0 Å². The summed E-state index contributed by atoms with van der Waals surface area (Å²) in [5.74, 6) is -0.316. The summed E-state index contributed by atoms with van der Waals surface area (Å²) < 4.78 is 23.9. The highest BCUT2D eigenvalue weighted by atomic mass is 35.5. The molecule has 0 radical (unpaired) electrons. The van der Waals surface area contributed by atoms with Crippen molar-refractivity contribution < 1.29 is 23.5 Å². The van der Waals surface area contributed by atoms with Crippen molar-refractivity contribution in [1.29, 1.82) is 0 Å². The highest BCUT2D eigenvalue weighted by Gasteiger charge is 2.49. The molecular weight excluding hydrogens is 433 g/mol. The van der Waals surface area contributed by atoms with Gasteiger partial charge >= 0.3 is 5.97 Å². The maximum atomic E-state index is 13.2. The number of carbonyl (C=O) groups is 2. The maximum absolute atomic E-state index is 13.2. The third kappa shape index (κ3) is 4.60. The zero-order chi connectivity index (χ0) is 22.7. The van der Waals surface area contributed by atoms with Gasteiger partial charge in [-0.3, -0.25) is 4.79 Å². The Labute approximate surface area is 190 Å². The molecule has 0 saturated carbocycles. The summed E-state index contributed by atoms with van der Waals surface area (Å²) in [4.78, 5) is 26.4. The highest BCUT2D eigenvalue weighted by Crippen LogP contribution is 2.38. The zero-order valence-corrected chi connectivity index (χ0v) is 18.1. The van der Waals surface area contributed by atoms with E-state index in [1.54, 1.807) is 65.6 Å². The molecule has 3 aromatic rings. The predicted molar refractivity (Wildman–Crippen MR) is 118 cm³/mol. The molecule has 0 aromatic heterocycles. The first-order valence-corrected chi connectivity index (χ1v) is 10.5. The van der Waals surface area contributed by atoms with Crippen LogP contribution in [0.25, 0.3) is 0 Å². The Hall–Kier alpha value is -3.38. The smallest absolute Gasteiger partial charge is 0.337 e. The predicted octanol–water partition coefficient (Wildman–Crippen LogP) is 4.84. The molecule has 1 fully saturated rings. The topological polar surface area (TPSA) is 55.8 Å². The fourth-order valence-corrected chi connectivity index (χ4v) is 3.86. The molecule has 0 bridgehead atoms. The number of likely N-dealkylation sites (tertiary alicyclic amines) is 1. The lowest BCUT2D eigenvalue weighted by Gasteiger charge is -2.47. The van der Waals surface area contributed by atoms with E-state index in [2.05, 4.69) is 0 Å². The maximum Gasteiger partial charge on any atom is 0.337 e. The summed E-state index contributed by atoms with van der Waals surface area (Å²) >= 11 is 5.94. The molecule has 1 amide bonds. The van der Waals surface area contributed by atoms with Crippen molar-refractivity contribution in [3.8, 4) is 5.75 Å². The number of carbonyl (C=O) groups excluding carboxylic acids is 2. The lowest BCUT2D eigenvalue weighted by atomic mass is 9.89. The van der Waals surface area contributed by atoms with Crippen LogP contribution in [0.2, 0.25) is 5.02 Å². The number of esters is 1. The van der Waals surface area contributed by atoms with Crippen LogP contribution >= 0.6 is 11.6 Å². The summed E-state index contributed by atoms with van der Waals surface area (Å²) in [5, 5.41) is 0.577. The Balaban J connectivity index is 1.55. The molecule has 1 aliphatic heterocycles. The van der Waals surface area contributed by atoms with Crippen molar-refractivity contribution in [2.45, 2.75) is 18.6 Å². The van der Waals surface area contributed by atoms with E-state index in [0.29, 0.717) is 29.3 Å². The molecule has 2 atom stereocenters. The number of benzene rings is 3. The van der Waals surface area contributed by atoms with Crippen molar-refractivity contribution in [1.82, 2.24) is 4.90 Å². The number of nitrogens with zero attached hydrogens (tertiary/aromatic N) is 1. The van der Waals surface area contributed by atoms with Crippen molar-refractivity contribution in [3.63, 3.8) is 0 Å². The van der Waals surface area contributed by atoms with E-state index in [0.717, 1.165) is 11.1 Å². The van der Waals surface area contributed by atoms with Crippen molar-refractivity contribution in [2.24, 2.45) is 0 Å². The summed E-state index contributed by atoms with van der Waals surface area (Å²) in [6.07, 6.45) is -0.121. The molecular formula is C25H21ClFNO4. The van der Waals surface area contributed by atoms with Gasteiger partial charge in [0.25, 0.3) is 5.91 Å². The summed E-state index contributed by atoms with van der Waals surface area (Å²) in [6, 6.07) is 19.7. The van der Waals surface area contributed by atoms with E-state index >= 15 is 0 Å². The Morgan fingerprint density at radius 3 is 2.28 bits per heavy atom. The van der Waals surface area contributed by atoms with Crippen LogP contribution in [0.3, 0.4) is 0 Å². The molecule has 7 heteroatoms. The van der Waals surface area contributed by atoms with E-state index < -0.39 is 12.1 Å². The first-order chi connectivity index (χ1) is 15.5. The van der Waals surface area contributed by atoms with Crippen molar-refractivity contribution in [3.05, 3.63) is 100 Å². The third-order valence-corrected chi connectivity index (χ3v) is 5.71. The van der Waals surface area contributed by atoms with Gasteiger partial charge in [-0.1, -0.05) is 35.9 Å². The number of β-lactam (4-membered cyclic amide) rings is 1. The van der Waals surface area contributed by atoms with Gasteiger partial charge in [0.05, 0.1) is 12.7 Å². The lowest BCUT2D eigenvalue weighted by molar-refractivity contribution is -0.164. The van der Waals surface area contributed by atoms with Gasteiger partial charge in [-0.15, -0.1) is 0 Å². The van der Waals surface area contributed by atoms with Gasteiger partial charge in [0, 0.05) is 11.6 Å². The van der Waals surface area contributed by atoms with Crippen LogP contribution in [-0.4, -0.2) is 36.5 Å². The first-order valence-electron chi connectivity index (χ1n) is 10.1. The molecule has 164 valence electrons. The largest absolute Gasteiger partial charge is 0.478 e. The highest BCUT2D eigenvalue weighted by molar-refractivity contribution is 6.30. The Morgan fingerprint density at radius 2 is 1.66 bits per heavy atom. The van der Waals surface area contributed by atoms with Gasteiger partial charge < -0.3 is 14.4 Å². The summed E-state index contributed by atoms with van der Waals surface area (Å²) in [5.41, 5.74) is 2.20. The Kier molecular flexibility index (Phi) is 6.42. The minimum atomic E-state index is -0.701. The van der Waals surface area contributed by atoms with E-state index in [1.807, 2.05) is 0 Å². The molecule has 1 aliphatic rings. The van der Waals surface area contributed by atoms with Gasteiger partial charge in [-0.05, 0) is 66.1 Å². The molecule has 1 heterocycles. The number of hydrogen-bond acceptors (Lipinski definition) is 4. The third-order valence-electron chi connectivity index (χ3n) is 5.45. The Morgan fingerprint density at radius 1 is 1.00 bits per heavy atom. The van der Waals surface area contributed by atoms with Crippen molar-refractivity contribution in [2.75, 3.05) is 13.7 Å². The average molecular weight is 454 g/mol. The summed E-state index contributed by atoms with van der Waals surface area (Å²) in [7, 11) is 1.33. The van der Waals surface area contributed by atoms with Crippen molar-refractivity contribution >= 4 is 23.5 Å². The van der Waals surface area contributed by atoms with E-state index in [-0.39, 0.29) is 17.8 Å². The molecule has 3 aromatic carbocycles. The van der Waals surface area contributed by atoms with E-state index in [4.69, 9.17) is 21.1 Å². The SMILES string of the molecule is COC(=O)c1ccc([C@@H]2[C@@H](Oc3ccc(Cl)cc3)C(=O)N2CCc2ccc(F)cc2)cc1. The minimum absolute atomic E-state index is 0.135. The fraction of sp³-hybridized carbons (Fsp3) is 0.200. The van der Waals surface area contributed by atoms with Crippen LogP contribution in [0, 0.1) is 5.82 Å². The van der Waals surface area contributed by atoms with Crippen LogP contribution in [0.15, 0.2) is 72.8 Å². The standard InChI is InChI=1S/C25H21ClFNO4/c1-31-25(30)18-6-4-17(5-7-18)22-23(32-21-12-8-19(26)9-13-21)24(29)28(22)15-14-16-2-10-20(27)11-3-16/h2-13,22-23H,14-15H2,1H3/t22-,23-/m1/s1. The molecule has 4 rings (SSSR count). The minimum Gasteiger partial charge on any atom is -0.478 e. The fourth-order valence-electron chi connectivity index (χ4n) is 3.73. The van der Waals surface area contributed by atoms with Gasteiger partial charge in [0.1, 0.15) is 17.6 Å². The van der Waals surface area contributed by atoms with Crippen LogP contribution in [0.4, 0.5) is 4.39 Å². The second-order valence-corrected chi connectivity index (χ2v) is 7.90. The molecule has 32 heavy (non-hydrogen) atoms. The number of ether oxygens (including phenoxy) is 2. The molecule has 5 nitrogen and oxygen atoms in total. The number of amides is 1. The Bertz CT molecular complexity index is 1100. The van der Waals surface area contributed by atoms with Crippen LogP contribution in [-0.2, 0) is 16.0 Å². The number of rotatable bonds is 7. The quantitative estimate of drug-likeness (QED) is 0.379. The normalized spacial score (nSPS) is 17.6. The molecule has 0 unspecified atom stereocenters. The molecule has 1 saturated heterocycles. The average Bonchev–Trinajstić information content (AvgIpc) is 2.82. The molecule has 0 aliphatic carbocycles. The van der Waals surface area contributed by atoms with Crippen LogP contribution in [0.5, 0.6) is 5.75 Å². The second kappa shape index (κ2) is 9.40. The lowest BCUT2D eigenvalue weighted by Crippen LogP contribution is -2.61. The zero-order valence-electron chi connectivity index (χ0n) is 17.3. The number of methoxy groups -OCH3 is 1. The first kappa shape index (κ1) is 21.8. The molecule has 0 N–H and O–H groups in total.